The average Bonchev–Trinajstić information content (AvgIpc) is 2.39. The molecule has 126 valence electrons. The largest absolute Gasteiger partial charge is 0.359 e. The molecule has 0 saturated carbocycles. The minimum Gasteiger partial charge on any atom is -0.359 e. The van der Waals surface area contributed by atoms with Crippen LogP contribution in [0.5, 0.6) is 0 Å². The molecule has 1 rings (SSSR count). The Morgan fingerprint density at radius 1 is 1.27 bits per heavy atom. The first-order valence-electron chi connectivity index (χ1n) is 6.81. The van der Waals surface area contributed by atoms with E-state index in [-0.39, 0.29) is 6.79 Å². The maximum absolute atomic E-state index is 11.7. The summed E-state index contributed by atoms with van der Waals surface area (Å²) in [6.45, 7) is 4.96. The van der Waals surface area contributed by atoms with E-state index < -0.39 is 28.5 Å². The smallest absolute Gasteiger partial charge is 0.336 e. The van der Waals surface area contributed by atoms with Crippen LogP contribution in [0.3, 0.4) is 0 Å². The molecule has 0 aliphatic rings. The van der Waals surface area contributed by atoms with Crippen molar-refractivity contribution in [3.8, 4) is 0 Å². The Kier molecular flexibility index (Phi) is 7.24. The van der Waals surface area contributed by atoms with Crippen LogP contribution in [-0.2, 0) is 19.8 Å². The fraction of sp³-hybridized carbons (Fsp3) is 0.571. The molecule has 0 amide bonds. The molecule has 0 aliphatic carbocycles. The number of hydrogen-bond donors (Lipinski definition) is 1. The van der Waals surface area contributed by atoms with E-state index in [1.807, 2.05) is 0 Å². The van der Waals surface area contributed by atoms with Gasteiger partial charge in [-0.1, -0.05) is 29.8 Å². The predicted molar refractivity (Wildman–Crippen MR) is 85.1 cm³/mol. The maximum Gasteiger partial charge on any atom is 0.336 e. The van der Waals surface area contributed by atoms with Gasteiger partial charge in [0.05, 0.1) is 6.04 Å². The van der Waals surface area contributed by atoms with Crippen LogP contribution in [0.4, 0.5) is 0 Å². The van der Waals surface area contributed by atoms with E-state index in [1.54, 1.807) is 45.0 Å². The predicted octanol–water partition coefficient (Wildman–Crippen LogP) is 2.90. The summed E-state index contributed by atoms with van der Waals surface area (Å²) in [6, 6.07) is 5.88. The van der Waals surface area contributed by atoms with E-state index in [0.717, 1.165) is 4.31 Å². The number of rotatable bonds is 8. The van der Waals surface area contributed by atoms with Crippen LogP contribution in [0.15, 0.2) is 24.3 Å². The van der Waals surface area contributed by atoms with Crippen LogP contribution < -0.4 is 0 Å². The summed E-state index contributed by atoms with van der Waals surface area (Å²) >= 11 is 6.19. The molecule has 22 heavy (non-hydrogen) atoms. The summed E-state index contributed by atoms with van der Waals surface area (Å²) in [5.74, 6) is 0. The highest BCUT2D eigenvalue weighted by Gasteiger charge is 2.35. The molecular weight excluding hydrogens is 330 g/mol. The van der Waals surface area contributed by atoms with Gasteiger partial charge in [0.15, 0.2) is 0 Å². The van der Waals surface area contributed by atoms with Crippen LogP contribution >= 0.6 is 11.6 Å². The van der Waals surface area contributed by atoms with Crippen molar-refractivity contribution in [1.29, 1.82) is 0 Å². The zero-order valence-corrected chi connectivity index (χ0v) is 14.6. The molecule has 0 aromatic heterocycles. The molecule has 1 aromatic carbocycles. The summed E-state index contributed by atoms with van der Waals surface area (Å²) in [5, 5.41) is 0.453. The van der Waals surface area contributed by atoms with Crippen LogP contribution in [-0.4, -0.2) is 43.3 Å². The highest BCUT2D eigenvalue weighted by atomic mass is 35.5. The zero-order chi connectivity index (χ0) is 16.9. The first kappa shape index (κ1) is 19.3. The van der Waals surface area contributed by atoms with E-state index in [0.29, 0.717) is 10.6 Å². The van der Waals surface area contributed by atoms with Crippen molar-refractivity contribution in [2.45, 2.75) is 39.0 Å². The number of methoxy groups -OCH3 is 1. The number of ether oxygens (including phenoxy) is 2. The Labute approximate surface area is 136 Å². The van der Waals surface area contributed by atoms with Crippen molar-refractivity contribution in [3.63, 3.8) is 0 Å². The average molecular weight is 352 g/mol. The van der Waals surface area contributed by atoms with Gasteiger partial charge >= 0.3 is 10.3 Å². The Balaban J connectivity index is 3.23. The topological polar surface area (TPSA) is 76.1 Å². The van der Waals surface area contributed by atoms with Gasteiger partial charge in [-0.05, 0) is 26.8 Å². The minimum atomic E-state index is -4.38. The summed E-state index contributed by atoms with van der Waals surface area (Å²) < 4.78 is 44.3. The lowest BCUT2D eigenvalue weighted by Crippen LogP contribution is -2.46. The standard InChI is InChI=1S/C14H22ClNO5S/c1-10(2)16(22(17,18)19)11(3)14(21-9-20-4)12-7-5-6-8-13(12)15/h5-8,10-11,14H,9H2,1-4H3,(H,17,18,19)/t11-,14+/m0/s1. The van der Waals surface area contributed by atoms with Crippen molar-refractivity contribution in [2.75, 3.05) is 13.9 Å². The van der Waals surface area contributed by atoms with Gasteiger partial charge in [-0.15, -0.1) is 0 Å². The monoisotopic (exact) mass is 351 g/mol. The molecule has 0 fully saturated rings. The maximum atomic E-state index is 11.7. The highest BCUT2D eigenvalue weighted by molar-refractivity contribution is 7.83. The zero-order valence-electron chi connectivity index (χ0n) is 13.1. The molecule has 1 aromatic rings. The van der Waals surface area contributed by atoms with Crippen LogP contribution in [0.1, 0.15) is 32.4 Å². The molecule has 2 atom stereocenters. The Morgan fingerprint density at radius 3 is 2.32 bits per heavy atom. The molecule has 0 heterocycles. The molecule has 6 nitrogen and oxygen atoms in total. The molecule has 0 saturated heterocycles. The number of hydrogen-bond acceptors (Lipinski definition) is 4. The SMILES string of the molecule is COCO[C@@H](c1ccccc1Cl)[C@H](C)N(C(C)C)S(=O)(=O)O. The van der Waals surface area contributed by atoms with E-state index in [4.69, 9.17) is 21.1 Å². The van der Waals surface area contributed by atoms with Gasteiger partial charge in [0.2, 0.25) is 0 Å². The van der Waals surface area contributed by atoms with Gasteiger partial charge in [0, 0.05) is 23.7 Å². The third kappa shape index (κ3) is 4.91. The molecule has 0 bridgehead atoms. The van der Waals surface area contributed by atoms with Gasteiger partial charge in [-0.3, -0.25) is 4.55 Å². The van der Waals surface area contributed by atoms with Crippen molar-refractivity contribution in [3.05, 3.63) is 34.9 Å². The summed E-state index contributed by atoms with van der Waals surface area (Å²) in [6.07, 6.45) is -0.682. The molecule has 1 N–H and O–H groups in total. The van der Waals surface area contributed by atoms with Crippen molar-refractivity contribution >= 4 is 21.9 Å². The minimum absolute atomic E-state index is 0.0301. The lowest BCUT2D eigenvalue weighted by molar-refractivity contribution is -0.0936. The van der Waals surface area contributed by atoms with Gasteiger partial charge in [0.25, 0.3) is 0 Å². The third-order valence-electron chi connectivity index (χ3n) is 3.19. The van der Waals surface area contributed by atoms with Gasteiger partial charge in [-0.2, -0.15) is 12.7 Å². The molecule has 0 unspecified atom stereocenters. The quantitative estimate of drug-likeness (QED) is 0.575. The second-order valence-electron chi connectivity index (χ2n) is 5.16. The van der Waals surface area contributed by atoms with Crippen LogP contribution in [0, 0.1) is 0 Å². The first-order valence-corrected chi connectivity index (χ1v) is 8.58. The van der Waals surface area contributed by atoms with Crippen molar-refractivity contribution in [2.24, 2.45) is 0 Å². The normalized spacial score (nSPS) is 15.3. The molecule has 0 aliphatic heterocycles. The van der Waals surface area contributed by atoms with Crippen molar-refractivity contribution in [1.82, 2.24) is 4.31 Å². The lowest BCUT2D eigenvalue weighted by Gasteiger charge is -2.34. The second-order valence-corrected chi connectivity index (χ2v) is 6.88. The second kappa shape index (κ2) is 8.24. The van der Waals surface area contributed by atoms with Crippen molar-refractivity contribution < 1.29 is 22.4 Å². The van der Waals surface area contributed by atoms with Crippen LogP contribution in [0.25, 0.3) is 0 Å². The molecular formula is C14H22ClNO5S. The lowest BCUT2D eigenvalue weighted by atomic mass is 10.0. The Hall–Kier alpha value is -0.700. The van der Waals surface area contributed by atoms with Gasteiger partial charge in [-0.25, -0.2) is 0 Å². The third-order valence-corrected chi connectivity index (χ3v) is 4.82. The number of halogens is 1. The Bertz CT molecular complexity index is 578. The van der Waals surface area contributed by atoms with Gasteiger partial charge < -0.3 is 9.47 Å². The molecule has 0 spiro atoms. The Morgan fingerprint density at radius 2 is 1.86 bits per heavy atom. The van der Waals surface area contributed by atoms with Crippen LogP contribution in [0.2, 0.25) is 5.02 Å². The molecule has 8 heteroatoms. The summed E-state index contributed by atoms with van der Waals surface area (Å²) in [4.78, 5) is 0. The summed E-state index contributed by atoms with van der Waals surface area (Å²) in [7, 11) is -2.92. The van der Waals surface area contributed by atoms with E-state index >= 15 is 0 Å². The van der Waals surface area contributed by atoms with Gasteiger partial charge in [0.1, 0.15) is 12.9 Å². The van der Waals surface area contributed by atoms with E-state index in [1.165, 1.54) is 7.11 Å². The number of nitrogens with zero attached hydrogens (tertiary/aromatic N) is 1. The van der Waals surface area contributed by atoms with E-state index in [9.17, 15) is 13.0 Å². The summed E-state index contributed by atoms with van der Waals surface area (Å²) in [5.41, 5.74) is 0.628. The fourth-order valence-electron chi connectivity index (χ4n) is 2.42. The number of benzene rings is 1. The fourth-order valence-corrected chi connectivity index (χ4v) is 3.72. The molecule has 0 radical (unpaired) electrons. The first-order chi connectivity index (χ1) is 10.2. The van der Waals surface area contributed by atoms with E-state index in [2.05, 4.69) is 0 Å². The highest BCUT2D eigenvalue weighted by Crippen LogP contribution is 2.32.